The molecule has 1 aromatic rings. The lowest BCUT2D eigenvalue weighted by molar-refractivity contribution is 0.128. The first kappa shape index (κ1) is 23.6. The van der Waals surface area contributed by atoms with Crippen LogP contribution in [0.15, 0.2) is 18.7 Å². The van der Waals surface area contributed by atoms with Gasteiger partial charge in [0.2, 0.25) is 0 Å². The minimum atomic E-state index is 0.541. The number of unbranched alkanes of at least 4 members (excludes halogenated alkanes) is 10. The van der Waals surface area contributed by atoms with E-state index in [0.717, 1.165) is 19.8 Å². The second-order valence-electron chi connectivity index (χ2n) is 7.36. The normalized spacial score (nSPS) is 12.5. The zero-order valence-electron chi connectivity index (χ0n) is 17.3. The van der Waals surface area contributed by atoms with Gasteiger partial charge in [0.25, 0.3) is 0 Å². The molecule has 0 spiro atoms. The molecule has 0 saturated carbocycles. The SMILES string of the molecule is CCCCCCCCCCCCOCC(Cn1ccnc1)SCCCC. The highest BCUT2D eigenvalue weighted by atomic mass is 32.2. The lowest BCUT2D eigenvalue weighted by Gasteiger charge is -2.17. The summed E-state index contributed by atoms with van der Waals surface area (Å²) in [5.41, 5.74) is 0. The van der Waals surface area contributed by atoms with Crippen molar-refractivity contribution < 1.29 is 4.74 Å². The van der Waals surface area contributed by atoms with Gasteiger partial charge >= 0.3 is 0 Å². The molecule has 0 aromatic carbocycles. The third-order valence-corrected chi connectivity index (χ3v) is 6.05. The molecule has 0 aliphatic rings. The Morgan fingerprint density at radius 2 is 1.54 bits per heavy atom. The molecule has 4 heteroatoms. The molecule has 0 saturated heterocycles. The van der Waals surface area contributed by atoms with Crippen LogP contribution in [0.4, 0.5) is 0 Å². The number of hydrogen-bond acceptors (Lipinski definition) is 3. The zero-order chi connectivity index (χ0) is 18.7. The van der Waals surface area contributed by atoms with Crippen molar-refractivity contribution in [2.24, 2.45) is 0 Å². The van der Waals surface area contributed by atoms with Crippen LogP contribution in [0.1, 0.15) is 90.9 Å². The molecule has 0 N–H and O–H groups in total. The number of imidazole rings is 1. The van der Waals surface area contributed by atoms with E-state index in [-0.39, 0.29) is 0 Å². The number of rotatable bonds is 19. The summed E-state index contributed by atoms with van der Waals surface area (Å²) in [5.74, 6) is 1.23. The Balaban J connectivity index is 1.98. The van der Waals surface area contributed by atoms with Crippen LogP contribution < -0.4 is 0 Å². The topological polar surface area (TPSA) is 27.1 Å². The summed E-state index contributed by atoms with van der Waals surface area (Å²) in [4.78, 5) is 4.15. The monoisotopic (exact) mass is 382 g/mol. The summed E-state index contributed by atoms with van der Waals surface area (Å²) in [6.45, 7) is 7.33. The van der Waals surface area contributed by atoms with E-state index in [9.17, 15) is 0 Å². The van der Waals surface area contributed by atoms with E-state index in [1.54, 1.807) is 0 Å². The number of hydrogen-bond donors (Lipinski definition) is 0. The number of nitrogens with zero attached hydrogens (tertiary/aromatic N) is 2. The molecular formula is C22H42N2OS. The predicted octanol–water partition coefficient (Wildman–Crippen LogP) is 6.72. The van der Waals surface area contributed by atoms with Crippen LogP contribution in [-0.2, 0) is 11.3 Å². The lowest BCUT2D eigenvalue weighted by atomic mass is 10.1. The summed E-state index contributed by atoms with van der Waals surface area (Å²) in [6.07, 6.45) is 22.2. The maximum Gasteiger partial charge on any atom is 0.0946 e. The molecular weight excluding hydrogens is 340 g/mol. The van der Waals surface area contributed by atoms with E-state index in [1.165, 1.54) is 82.8 Å². The van der Waals surface area contributed by atoms with Crippen LogP contribution in [0.2, 0.25) is 0 Å². The first-order valence-corrected chi connectivity index (χ1v) is 12.1. The quantitative estimate of drug-likeness (QED) is 0.248. The van der Waals surface area contributed by atoms with Gasteiger partial charge in [-0.1, -0.05) is 78.1 Å². The average molecular weight is 383 g/mol. The van der Waals surface area contributed by atoms with Crippen molar-refractivity contribution in [1.29, 1.82) is 0 Å². The van der Waals surface area contributed by atoms with Crippen molar-refractivity contribution >= 4 is 11.8 Å². The molecule has 1 heterocycles. The molecule has 152 valence electrons. The molecule has 0 amide bonds. The van der Waals surface area contributed by atoms with E-state index in [4.69, 9.17) is 4.74 Å². The number of ether oxygens (including phenoxy) is 1. The largest absolute Gasteiger partial charge is 0.380 e. The first-order chi connectivity index (χ1) is 12.9. The van der Waals surface area contributed by atoms with E-state index in [2.05, 4.69) is 41.4 Å². The summed E-state index contributed by atoms with van der Waals surface area (Å²) in [7, 11) is 0. The van der Waals surface area contributed by atoms with Crippen LogP contribution in [0, 0.1) is 0 Å². The van der Waals surface area contributed by atoms with Crippen molar-refractivity contribution in [2.45, 2.75) is 103 Å². The number of thioether (sulfide) groups is 1. The van der Waals surface area contributed by atoms with Crippen LogP contribution in [0.5, 0.6) is 0 Å². The van der Waals surface area contributed by atoms with E-state index in [0.29, 0.717) is 5.25 Å². The Bertz CT molecular complexity index is 384. The second kappa shape index (κ2) is 17.9. The Morgan fingerprint density at radius 3 is 2.15 bits per heavy atom. The van der Waals surface area contributed by atoms with E-state index >= 15 is 0 Å². The fraction of sp³-hybridized carbons (Fsp3) is 0.864. The van der Waals surface area contributed by atoms with Crippen molar-refractivity contribution in [3.05, 3.63) is 18.7 Å². The van der Waals surface area contributed by atoms with E-state index < -0.39 is 0 Å². The highest BCUT2D eigenvalue weighted by Crippen LogP contribution is 2.16. The fourth-order valence-corrected chi connectivity index (χ4v) is 4.34. The Hall–Kier alpha value is -0.480. The van der Waals surface area contributed by atoms with Crippen molar-refractivity contribution in [3.63, 3.8) is 0 Å². The molecule has 26 heavy (non-hydrogen) atoms. The lowest BCUT2D eigenvalue weighted by Crippen LogP contribution is -2.19. The van der Waals surface area contributed by atoms with Gasteiger partial charge in [-0.05, 0) is 18.6 Å². The summed E-state index contributed by atoms with van der Waals surface area (Å²) < 4.78 is 8.17. The fourth-order valence-electron chi connectivity index (χ4n) is 3.08. The van der Waals surface area contributed by atoms with Crippen LogP contribution >= 0.6 is 11.8 Å². The summed E-state index contributed by atoms with van der Waals surface area (Å²) >= 11 is 2.05. The Kier molecular flexibility index (Phi) is 16.2. The highest BCUT2D eigenvalue weighted by molar-refractivity contribution is 7.99. The van der Waals surface area contributed by atoms with Crippen molar-refractivity contribution in [3.8, 4) is 0 Å². The third kappa shape index (κ3) is 13.7. The van der Waals surface area contributed by atoms with Crippen LogP contribution in [0.3, 0.4) is 0 Å². The van der Waals surface area contributed by atoms with Gasteiger partial charge in [-0.25, -0.2) is 4.98 Å². The first-order valence-electron chi connectivity index (χ1n) is 11.0. The molecule has 3 nitrogen and oxygen atoms in total. The van der Waals surface area contributed by atoms with Crippen molar-refractivity contribution in [1.82, 2.24) is 9.55 Å². The van der Waals surface area contributed by atoms with Crippen molar-refractivity contribution in [2.75, 3.05) is 19.0 Å². The minimum Gasteiger partial charge on any atom is -0.380 e. The molecule has 0 radical (unpaired) electrons. The molecule has 0 aliphatic heterocycles. The maximum absolute atomic E-state index is 5.99. The Morgan fingerprint density at radius 1 is 0.885 bits per heavy atom. The van der Waals surface area contributed by atoms with Crippen LogP contribution in [-0.4, -0.2) is 33.8 Å². The van der Waals surface area contributed by atoms with E-state index in [1.807, 2.05) is 12.5 Å². The zero-order valence-corrected chi connectivity index (χ0v) is 18.2. The average Bonchev–Trinajstić information content (AvgIpc) is 3.15. The molecule has 0 fully saturated rings. The Labute approximate surface area is 166 Å². The molecule has 0 aliphatic carbocycles. The standard InChI is InChI=1S/C22H42N2OS/c1-3-5-7-8-9-10-11-12-13-14-17-25-20-22(26-18-6-4-2)19-24-16-15-23-21-24/h15-16,21-22H,3-14,17-20H2,1-2H3. The van der Waals surface area contributed by atoms with Gasteiger partial charge in [0.1, 0.15) is 0 Å². The van der Waals surface area contributed by atoms with Gasteiger partial charge in [-0.2, -0.15) is 11.8 Å². The van der Waals surface area contributed by atoms with Gasteiger partial charge in [0.05, 0.1) is 12.9 Å². The smallest absolute Gasteiger partial charge is 0.0946 e. The van der Waals surface area contributed by atoms with Gasteiger partial charge in [-0.3, -0.25) is 0 Å². The molecule has 1 aromatic heterocycles. The molecule has 1 rings (SSSR count). The maximum atomic E-state index is 5.99. The molecule has 1 atom stereocenters. The second-order valence-corrected chi connectivity index (χ2v) is 8.77. The van der Waals surface area contributed by atoms with Crippen LogP contribution in [0.25, 0.3) is 0 Å². The number of aromatic nitrogens is 2. The summed E-state index contributed by atoms with van der Waals surface area (Å²) in [6, 6.07) is 0. The van der Waals surface area contributed by atoms with Gasteiger partial charge in [0, 0.05) is 30.8 Å². The van der Waals surface area contributed by atoms with Gasteiger partial charge in [0.15, 0.2) is 0 Å². The highest BCUT2D eigenvalue weighted by Gasteiger charge is 2.10. The minimum absolute atomic E-state index is 0.541. The molecule has 0 bridgehead atoms. The van der Waals surface area contributed by atoms with Gasteiger partial charge < -0.3 is 9.30 Å². The molecule has 1 unspecified atom stereocenters. The predicted molar refractivity (Wildman–Crippen MR) is 116 cm³/mol. The summed E-state index contributed by atoms with van der Waals surface area (Å²) in [5, 5.41) is 0.541. The third-order valence-electron chi connectivity index (χ3n) is 4.77. The van der Waals surface area contributed by atoms with Gasteiger partial charge in [-0.15, -0.1) is 0 Å².